The number of aryl methyl sites for hydroxylation is 1. The lowest BCUT2D eigenvalue weighted by atomic mass is 10.2. The highest BCUT2D eigenvalue weighted by Gasteiger charge is 2.14. The molecule has 0 unspecified atom stereocenters. The van der Waals surface area contributed by atoms with Crippen LogP contribution in [0.2, 0.25) is 5.02 Å². The van der Waals surface area contributed by atoms with E-state index in [9.17, 15) is 9.59 Å². The molecule has 0 saturated heterocycles. The number of H-pyrrole nitrogens is 2. The number of imidazole rings is 1. The SMILES string of the molecule is Cn1c(=O)[nH]c(=O)c2[nH]c(-c3cccc(Br)c3Cl)nc21. The second kappa shape index (κ2) is 4.60. The summed E-state index contributed by atoms with van der Waals surface area (Å²) >= 11 is 9.54. The quantitative estimate of drug-likeness (QED) is 0.700. The molecule has 0 fully saturated rings. The fourth-order valence-corrected chi connectivity index (χ4v) is 2.50. The summed E-state index contributed by atoms with van der Waals surface area (Å²) in [5.74, 6) is 0.429. The van der Waals surface area contributed by atoms with Crippen LogP contribution in [0.25, 0.3) is 22.6 Å². The number of rotatable bonds is 1. The Morgan fingerprint density at radius 2 is 2.05 bits per heavy atom. The lowest BCUT2D eigenvalue weighted by Crippen LogP contribution is -2.28. The van der Waals surface area contributed by atoms with Crippen LogP contribution in [-0.4, -0.2) is 19.5 Å². The molecule has 0 amide bonds. The molecular formula is C12H8BrClN4O2. The van der Waals surface area contributed by atoms with Gasteiger partial charge >= 0.3 is 5.69 Å². The van der Waals surface area contributed by atoms with Crippen LogP contribution in [0.5, 0.6) is 0 Å². The topological polar surface area (TPSA) is 83.5 Å². The van der Waals surface area contributed by atoms with Crippen molar-refractivity contribution in [3.05, 3.63) is 48.5 Å². The number of fused-ring (bicyclic) bond motifs is 1. The first-order valence-electron chi connectivity index (χ1n) is 5.62. The second-order valence-corrected chi connectivity index (χ2v) is 5.44. The van der Waals surface area contributed by atoms with Crippen LogP contribution in [-0.2, 0) is 7.05 Å². The molecule has 0 aliphatic heterocycles. The highest BCUT2D eigenvalue weighted by Crippen LogP contribution is 2.32. The Morgan fingerprint density at radius 3 is 2.80 bits per heavy atom. The molecule has 0 radical (unpaired) electrons. The molecule has 0 atom stereocenters. The Hall–Kier alpha value is -1.86. The zero-order chi connectivity index (χ0) is 14.4. The van der Waals surface area contributed by atoms with E-state index in [2.05, 4.69) is 30.9 Å². The highest BCUT2D eigenvalue weighted by molar-refractivity contribution is 9.10. The van der Waals surface area contributed by atoms with Gasteiger partial charge in [0, 0.05) is 17.1 Å². The van der Waals surface area contributed by atoms with Crippen molar-refractivity contribution < 1.29 is 0 Å². The van der Waals surface area contributed by atoms with E-state index in [-0.39, 0.29) is 11.2 Å². The van der Waals surface area contributed by atoms with E-state index in [0.717, 1.165) is 4.47 Å². The van der Waals surface area contributed by atoms with E-state index in [1.807, 2.05) is 6.07 Å². The number of hydrogen-bond acceptors (Lipinski definition) is 3. The monoisotopic (exact) mass is 354 g/mol. The van der Waals surface area contributed by atoms with Crippen LogP contribution in [0.4, 0.5) is 0 Å². The van der Waals surface area contributed by atoms with Crippen LogP contribution in [0, 0.1) is 0 Å². The van der Waals surface area contributed by atoms with Crippen molar-refractivity contribution in [2.45, 2.75) is 0 Å². The van der Waals surface area contributed by atoms with E-state index in [1.165, 1.54) is 11.6 Å². The Bertz CT molecular complexity index is 941. The van der Waals surface area contributed by atoms with Gasteiger partial charge in [0.2, 0.25) is 0 Å². The molecule has 20 heavy (non-hydrogen) atoms. The van der Waals surface area contributed by atoms with Crippen molar-refractivity contribution in [2.75, 3.05) is 0 Å². The zero-order valence-electron chi connectivity index (χ0n) is 10.2. The Balaban J connectivity index is 2.37. The summed E-state index contributed by atoms with van der Waals surface area (Å²) in [6, 6.07) is 5.38. The summed E-state index contributed by atoms with van der Waals surface area (Å²) in [7, 11) is 1.54. The minimum atomic E-state index is -0.513. The second-order valence-electron chi connectivity index (χ2n) is 4.20. The van der Waals surface area contributed by atoms with Gasteiger partial charge in [-0.2, -0.15) is 0 Å². The molecular weight excluding hydrogens is 348 g/mol. The van der Waals surface area contributed by atoms with Gasteiger partial charge < -0.3 is 4.98 Å². The van der Waals surface area contributed by atoms with Crippen LogP contribution < -0.4 is 11.2 Å². The molecule has 3 aromatic rings. The maximum atomic E-state index is 11.8. The van der Waals surface area contributed by atoms with Crippen LogP contribution in [0.3, 0.4) is 0 Å². The van der Waals surface area contributed by atoms with Gasteiger partial charge in [-0.3, -0.25) is 14.3 Å². The molecule has 0 saturated carbocycles. The smallest absolute Gasteiger partial charge is 0.329 e. The molecule has 0 spiro atoms. The van der Waals surface area contributed by atoms with Gasteiger partial charge in [-0.1, -0.05) is 17.7 Å². The third kappa shape index (κ3) is 1.90. The van der Waals surface area contributed by atoms with Crippen molar-refractivity contribution in [3.8, 4) is 11.4 Å². The molecule has 0 bridgehead atoms. The maximum absolute atomic E-state index is 11.8. The first kappa shape index (κ1) is 13.1. The molecule has 8 heteroatoms. The number of benzene rings is 1. The van der Waals surface area contributed by atoms with Crippen LogP contribution >= 0.6 is 27.5 Å². The van der Waals surface area contributed by atoms with Crippen molar-refractivity contribution in [1.82, 2.24) is 19.5 Å². The lowest BCUT2D eigenvalue weighted by Gasteiger charge is -2.01. The summed E-state index contributed by atoms with van der Waals surface area (Å²) in [6.45, 7) is 0. The summed E-state index contributed by atoms with van der Waals surface area (Å²) in [4.78, 5) is 32.7. The van der Waals surface area contributed by atoms with Gasteiger partial charge in [0.1, 0.15) is 11.3 Å². The number of hydrogen-bond donors (Lipinski definition) is 2. The van der Waals surface area contributed by atoms with Crippen LogP contribution in [0.15, 0.2) is 32.3 Å². The molecule has 2 heterocycles. The van der Waals surface area contributed by atoms with E-state index in [0.29, 0.717) is 16.4 Å². The Morgan fingerprint density at radius 1 is 1.30 bits per heavy atom. The molecule has 6 nitrogen and oxygen atoms in total. The zero-order valence-corrected chi connectivity index (χ0v) is 12.5. The first-order chi connectivity index (χ1) is 9.49. The molecule has 1 aromatic carbocycles. The maximum Gasteiger partial charge on any atom is 0.329 e. The van der Waals surface area contributed by atoms with E-state index < -0.39 is 11.2 Å². The average molecular weight is 356 g/mol. The van der Waals surface area contributed by atoms with Gasteiger partial charge in [0.15, 0.2) is 5.65 Å². The van der Waals surface area contributed by atoms with Gasteiger partial charge in [-0.15, -0.1) is 0 Å². The van der Waals surface area contributed by atoms with Gasteiger partial charge in [0.05, 0.1) is 5.02 Å². The summed E-state index contributed by atoms with van der Waals surface area (Å²) in [5.41, 5.74) is 0.140. The Kier molecular flexibility index (Phi) is 3.02. The number of nitrogens with one attached hydrogen (secondary N) is 2. The molecule has 2 N–H and O–H groups in total. The average Bonchev–Trinajstić information content (AvgIpc) is 2.85. The third-order valence-electron chi connectivity index (χ3n) is 2.96. The van der Waals surface area contributed by atoms with Gasteiger partial charge in [-0.05, 0) is 28.1 Å². The number of halogens is 2. The number of aromatic nitrogens is 4. The van der Waals surface area contributed by atoms with E-state index >= 15 is 0 Å². The molecule has 0 aliphatic rings. The largest absolute Gasteiger partial charge is 0.332 e. The summed E-state index contributed by atoms with van der Waals surface area (Å²) in [5, 5.41) is 0.480. The van der Waals surface area contributed by atoms with Crippen molar-refractivity contribution in [3.63, 3.8) is 0 Å². The highest BCUT2D eigenvalue weighted by atomic mass is 79.9. The summed E-state index contributed by atoms with van der Waals surface area (Å²) < 4.78 is 1.99. The van der Waals surface area contributed by atoms with E-state index in [1.54, 1.807) is 12.1 Å². The minimum Gasteiger partial charge on any atom is -0.332 e. The molecule has 3 rings (SSSR count). The van der Waals surface area contributed by atoms with Crippen LogP contribution in [0.1, 0.15) is 0 Å². The fraction of sp³-hybridized carbons (Fsp3) is 0.0833. The number of nitrogens with zero attached hydrogens (tertiary/aromatic N) is 2. The first-order valence-corrected chi connectivity index (χ1v) is 6.79. The van der Waals surface area contributed by atoms with Crippen molar-refractivity contribution in [2.24, 2.45) is 7.05 Å². The molecule has 0 aliphatic carbocycles. The van der Waals surface area contributed by atoms with Gasteiger partial charge in [0.25, 0.3) is 5.56 Å². The predicted octanol–water partition coefficient (Wildman–Crippen LogP) is 2.03. The van der Waals surface area contributed by atoms with Gasteiger partial charge in [-0.25, -0.2) is 9.78 Å². The molecule has 2 aromatic heterocycles. The standard InChI is InChI=1S/C12H8BrClN4O2/c1-18-10-8(11(19)17-12(18)20)15-9(16-10)5-3-2-4-6(13)7(5)14/h2-4H,1H3,(H,15,16)(H,17,19,20). The predicted molar refractivity (Wildman–Crippen MR) is 80.1 cm³/mol. The normalized spacial score (nSPS) is 11.2. The Labute approximate surface area is 125 Å². The fourth-order valence-electron chi connectivity index (χ4n) is 1.92. The lowest BCUT2D eigenvalue weighted by molar-refractivity contribution is 0.832. The number of aromatic amines is 2. The van der Waals surface area contributed by atoms with Crippen molar-refractivity contribution >= 4 is 38.7 Å². The third-order valence-corrected chi connectivity index (χ3v) is 4.26. The van der Waals surface area contributed by atoms with Crippen molar-refractivity contribution in [1.29, 1.82) is 0 Å². The minimum absolute atomic E-state index is 0.234. The molecule has 102 valence electrons. The van der Waals surface area contributed by atoms with E-state index in [4.69, 9.17) is 11.6 Å². The summed E-state index contributed by atoms with van der Waals surface area (Å²) in [6.07, 6.45) is 0.